The van der Waals surface area contributed by atoms with Gasteiger partial charge in [0.2, 0.25) is 11.8 Å². The van der Waals surface area contributed by atoms with Crippen molar-refractivity contribution in [2.45, 2.75) is 45.1 Å². The average Bonchev–Trinajstić information content (AvgIpc) is 3.31. The Morgan fingerprint density at radius 2 is 1.53 bits per heavy atom. The van der Waals surface area contributed by atoms with Gasteiger partial charge in [-0.1, -0.05) is 67.8 Å². The molecule has 0 radical (unpaired) electrons. The Morgan fingerprint density at radius 1 is 0.867 bits per heavy atom. The lowest BCUT2D eigenvalue weighted by Crippen LogP contribution is -2.36. The van der Waals surface area contributed by atoms with Gasteiger partial charge >= 0.3 is 0 Å². The topological polar surface area (TPSA) is 55.2 Å². The van der Waals surface area contributed by atoms with Gasteiger partial charge in [-0.15, -0.1) is 0 Å². The van der Waals surface area contributed by atoms with Crippen LogP contribution < -0.4 is 0 Å². The minimum Gasteiger partial charge on any atom is -0.277 e. The van der Waals surface area contributed by atoms with Crippen molar-refractivity contribution in [1.82, 2.24) is 14.7 Å². The summed E-state index contributed by atoms with van der Waals surface area (Å²) >= 11 is 0. The van der Waals surface area contributed by atoms with Crippen LogP contribution in [0.2, 0.25) is 0 Å². The van der Waals surface area contributed by atoms with Gasteiger partial charge in [0.05, 0.1) is 23.3 Å². The summed E-state index contributed by atoms with van der Waals surface area (Å²) < 4.78 is 1.83. The number of amides is 2. The lowest BCUT2D eigenvalue weighted by atomic mass is 9.73. The number of likely N-dealkylation sites (tertiary alicyclic amines) is 1. The van der Waals surface area contributed by atoms with Gasteiger partial charge in [-0.25, -0.2) is 4.68 Å². The number of carbonyl (C=O) groups is 2. The lowest BCUT2D eigenvalue weighted by Gasteiger charge is -2.30. The highest BCUT2D eigenvalue weighted by Gasteiger charge is 2.51. The molecular weight excluding hydrogens is 374 g/mol. The maximum Gasteiger partial charge on any atom is 0.236 e. The van der Waals surface area contributed by atoms with Crippen molar-refractivity contribution in [1.29, 1.82) is 0 Å². The minimum absolute atomic E-state index is 0.0127. The molecule has 1 saturated heterocycles. The monoisotopic (exact) mass is 399 g/mol. The third kappa shape index (κ3) is 3.24. The predicted molar refractivity (Wildman–Crippen MR) is 115 cm³/mol. The third-order valence-corrected chi connectivity index (χ3v) is 6.49. The van der Waals surface area contributed by atoms with Crippen LogP contribution in [0.5, 0.6) is 0 Å². The number of hydrogen-bond donors (Lipinski definition) is 0. The standard InChI is InChI=1S/C25H25N3O2/c29-22-16-25(14-8-3-9-15-25)24(30)27(22)17-20-18-28(21-12-6-2-7-13-21)26-23(20)19-10-4-1-5-11-19/h1-2,4-7,10-13,18H,3,8-9,14-17H2. The smallest absolute Gasteiger partial charge is 0.236 e. The highest BCUT2D eigenvalue weighted by molar-refractivity contribution is 6.06. The molecule has 1 aromatic heterocycles. The van der Waals surface area contributed by atoms with Crippen molar-refractivity contribution in [3.63, 3.8) is 0 Å². The molecule has 1 aliphatic heterocycles. The Bertz CT molecular complexity index is 1070. The maximum absolute atomic E-state index is 13.3. The third-order valence-electron chi connectivity index (χ3n) is 6.49. The van der Waals surface area contributed by atoms with E-state index in [4.69, 9.17) is 5.10 Å². The van der Waals surface area contributed by atoms with Gasteiger partial charge in [0.25, 0.3) is 0 Å². The summed E-state index contributed by atoms with van der Waals surface area (Å²) in [6.45, 7) is 0.274. The first-order chi connectivity index (χ1) is 14.7. The summed E-state index contributed by atoms with van der Waals surface area (Å²) in [6, 6.07) is 19.8. The van der Waals surface area contributed by atoms with Crippen LogP contribution in [0.25, 0.3) is 16.9 Å². The van der Waals surface area contributed by atoms with E-state index in [-0.39, 0.29) is 18.4 Å². The van der Waals surface area contributed by atoms with Gasteiger partial charge in [-0.05, 0) is 25.0 Å². The molecule has 1 spiro atoms. The van der Waals surface area contributed by atoms with Crippen molar-refractivity contribution >= 4 is 11.8 Å². The molecule has 3 aromatic rings. The number of imide groups is 1. The fourth-order valence-corrected chi connectivity index (χ4v) is 4.89. The second-order valence-electron chi connectivity index (χ2n) is 8.45. The zero-order chi connectivity index (χ0) is 20.6. The summed E-state index contributed by atoms with van der Waals surface area (Å²) in [5.74, 6) is -0.0351. The summed E-state index contributed by atoms with van der Waals surface area (Å²) in [5.41, 5.74) is 3.17. The fraction of sp³-hybridized carbons (Fsp3) is 0.320. The lowest BCUT2D eigenvalue weighted by molar-refractivity contribution is -0.142. The fourth-order valence-electron chi connectivity index (χ4n) is 4.89. The molecule has 0 bridgehead atoms. The van der Waals surface area contributed by atoms with E-state index in [1.807, 2.05) is 71.5 Å². The number of para-hydroxylation sites is 1. The molecule has 2 aliphatic rings. The van der Waals surface area contributed by atoms with Crippen molar-refractivity contribution in [2.75, 3.05) is 0 Å². The van der Waals surface area contributed by atoms with Crippen molar-refractivity contribution < 1.29 is 9.59 Å². The zero-order valence-electron chi connectivity index (χ0n) is 17.0. The summed E-state index contributed by atoms with van der Waals surface area (Å²) in [7, 11) is 0. The van der Waals surface area contributed by atoms with E-state index >= 15 is 0 Å². The minimum atomic E-state index is -0.461. The zero-order valence-corrected chi connectivity index (χ0v) is 17.0. The Hall–Kier alpha value is -3.21. The van der Waals surface area contributed by atoms with Crippen molar-refractivity contribution in [3.8, 4) is 16.9 Å². The van der Waals surface area contributed by atoms with Crippen molar-refractivity contribution in [2.24, 2.45) is 5.41 Å². The average molecular weight is 399 g/mol. The molecule has 2 aromatic carbocycles. The number of benzene rings is 2. The first kappa shape index (κ1) is 18.8. The molecule has 0 unspecified atom stereocenters. The molecule has 2 fully saturated rings. The highest BCUT2D eigenvalue weighted by atomic mass is 16.2. The first-order valence-corrected chi connectivity index (χ1v) is 10.7. The predicted octanol–water partition coefficient (Wildman–Crippen LogP) is 4.75. The van der Waals surface area contributed by atoms with E-state index in [0.29, 0.717) is 6.42 Å². The summed E-state index contributed by atoms with van der Waals surface area (Å²) in [4.78, 5) is 27.6. The molecule has 1 saturated carbocycles. The second-order valence-corrected chi connectivity index (χ2v) is 8.45. The molecule has 0 atom stereocenters. The Morgan fingerprint density at radius 3 is 2.23 bits per heavy atom. The molecule has 1 aliphatic carbocycles. The van der Waals surface area contributed by atoms with Crippen LogP contribution in [-0.2, 0) is 16.1 Å². The Kier molecular flexibility index (Phi) is 4.74. The van der Waals surface area contributed by atoms with Gasteiger partial charge < -0.3 is 0 Å². The molecule has 2 heterocycles. The molecule has 0 N–H and O–H groups in total. The van der Waals surface area contributed by atoms with Crippen LogP contribution in [0.3, 0.4) is 0 Å². The van der Waals surface area contributed by atoms with Crippen LogP contribution in [0.4, 0.5) is 0 Å². The van der Waals surface area contributed by atoms with Gasteiger partial charge in [0, 0.05) is 23.7 Å². The van der Waals surface area contributed by atoms with Crippen LogP contribution in [-0.4, -0.2) is 26.5 Å². The number of aromatic nitrogens is 2. The van der Waals surface area contributed by atoms with Gasteiger partial charge in [-0.2, -0.15) is 5.10 Å². The second kappa shape index (κ2) is 7.56. The normalized spacial score (nSPS) is 18.3. The van der Waals surface area contributed by atoms with Crippen LogP contribution in [0.1, 0.15) is 44.1 Å². The van der Waals surface area contributed by atoms with Crippen LogP contribution >= 0.6 is 0 Å². The van der Waals surface area contributed by atoms with E-state index in [9.17, 15) is 9.59 Å². The number of rotatable bonds is 4. The van der Waals surface area contributed by atoms with E-state index in [1.165, 1.54) is 4.90 Å². The molecule has 2 amide bonds. The molecule has 152 valence electrons. The van der Waals surface area contributed by atoms with E-state index in [2.05, 4.69) is 0 Å². The van der Waals surface area contributed by atoms with Gasteiger partial charge in [0.1, 0.15) is 0 Å². The summed E-state index contributed by atoms with van der Waals surface area (Å²) in [5, 5.41) is 4.81. The SMILES string of the molecule is O=C1CC2(CCCCC2)C(=O)N1Cc1cn(-c2ccccc2)nc1-c1ccccc1. The number of hydrogen-bond acceptors (Lipinski definition) is 3. The Balaban J connectivity index is 1.51. The molecule has 5 heteroatoms. The maximum atomic E-state index is 13.3. The molecule has 5 nitrogen and oxygen atoms in total. The summed E-state index contributed by atoms with van der Waals surface area (Å²) in [6.07, 6.45) is 7.21. The number of nitrogens with zero attached hydrogens (tertiary/aromatic N) is 3. The van der Waals surface area contributed by atoms with E-state index in [0.717, 1.165) is 54.6 Å². The van der Waals surface area contributed by atoms with Crippen molar-refractivity contribution in [3.05, 3.63) is 72.4 Å². The quantitative estimate of drug-likeness (QED) is 0.595. The van der Waals surface area contributed by atoms with E-state index < -0.39 is 5.41 Å². The number of carbonyl (C=O) groups excluding carboxylic acids is 2. The van der Waals surface area contributed by atoms with Crippen LogP contribution in [0, 0.1) is 5.41 Å². The first-order valence-electron chi connectivity index (χ1n) is 10.7. The largest absolute Gasteiger partial charge is 0.277 e. The molecule has 5 rings (SSSR count). The molecular formula is C25H25N3O2. The van der Waals surface area contributed by atoms with Crippen LogP contribution in [0.15, 0.2) is 66.9 Å². The van der Waals surface area contributed by atoms with Gasteiger partial charge in [-0.3, -0.25) is 14.5 Å². The highest BCUT2D eigenvalue weighted by Crippen LogP contribution is 2.45. The van der Waals surface area contributed by atoms with Gasteiger partial charge in [0.15, 0.2) is 0 Å². The van der Waals surface area contributed by atoms with E-state index in [1.54, 1.807) is 0 Å². The molecule has 30 heavy (non-hydrogen) atoms. The Labute approximate surface area is 176 Å².